The van der Waals surface area contributed by atoms with E-state index < -0.39 is 15.9 Å². The van der Waals surface area contributed by atoms with Crippen molar-refractivity contribution in [2.75, 3.05) is 24.7 Å². The quantitative estimate of drug-likeness (QED) is 0.391. The number of amides is 1. The third-order valence-electron chi connectivity index (χ3n) is 8.39. The zero-order valence-corrected chi connectivity index (χ0v) is 25.0. The number of anilines is 1. The molecule has 8 nitrogen and oxygen atoms in total. The lowest BCUT2D eigenvalue weighted by molar-refractivity contribution is -0.132. The second-order valence-electron chi connectivity index (χ2n) is 11.0. The molecule has 1 aliphatic heterocycles. The highest BCUT2D eigenvalue weighted by molar-refractivity contribution is 9.10. The Bertz CT molecular complexity index is 1440. The van der Waals surface area contributed by atoms with Crippen LogP contribution >= 0.6 is 15.9 Å². The topological polar surface area (TPSA) is 95.5 Å². The predicted octanol–water partition coefficient (Wildman–Crippen LogP) is 4.76. The number of rotatable bonds is 8. The minimum Gasteiger partial charge on any atom is -0.358 e. The molecule has 208 valence electrons. The fourth-order valence-corrected chi connectivity index (χ4v) is 8.13. The Hall–Kier alpha value is -2.56. The van der Waals surface area contributed by atoms with E-state index in [1.54, 1.807) is 24.3 Å². The summed E-state index contributed by atoms with van der Waals surface area (Å²) in [5, 5.41) is 4.22. The number of nitrogens with one attached hydrogen (secondary N) is 1. The summed E-state index contributed by atoms with van der Waals surface area (Å²) in [5.41, 5.74) is 0.803. The Labute approximate surface area is 239 Å². The van der Waals surface area contributed by atoms with Gasteiger partial charge in [0.2, 0.25) is 5.91 Å². The molecule has 39 heavy (non-hydrogen) atoms. The van der Waals surface area contributed by atoms with Crippen molar-refractivity contribution in [1.29, 1.82) is 0 Å². The summed E-state index contributed by atoms with van der Waals surface area (Å²) >= 11 is 3.51. The number of sulfone groups is 1. The Morgan fingerprint density at radius 3 is 2.62 bits per heavy atom. The van der Waals surface area contributed by atoms with Crippen LogP contribution in [0.25, 0.3) is 10.9 Å². The van der Waals surface area contributed by atoms with Gasteiger partial charge in [-0.15, -0.1) is 0 Å². The fourth-order valence-electron chi connectivity index (χ4n) is 6.08. The van der Waals surface area contributed by atoms with Crippen LogP contribution in [0.5, 0.6) is 0 Å². The zero-order valence-electron chi connectivity index (χ0n) is 22.6. The Balaban J connectivity index is 1.37. The molecule has 1 N–H and O–H groups in total. The highest BCUT2D eigenvalue weighted by Gasteiger charge is 2.44. The van der Waals surface area contributed by atoms with Crippen LogP contribution in [0.1, 0.15) is 39.5 Å². The third-order valence-corrected chi connectivity index (χ3v) is 10.7. The van der Waals surface area contributed by atoms with E-state index in [1.807, 2.05) is 29.2 Å². The standard InChI is InChI=1S/C29H36BrN5O3S/c1-19(2)34(3)22-10-12-27(20(15-22)17-39(37,38)23-7-5-4-6-8-23)35-14-13-26(29(35)36)33-28-24-16-21(30)9-11-25(24)31-18-32-28/h4-9,11,16,18-20,22,26-27H,10,12-15,17H2,1-3H3,(H,31,32,33)/t20-,22+,26?,27-/m0/s1. The SMILES string of the molecule is CC(C)N(C)[C@@H]1CC[C@H](N2CCC(Nc3ncnc4ccc(Br)cc34)C2=O)[C@H](CS(=O)(=O)c2ccccc2)C1. The maximum Gasteiger partial charge on any atom is 0.245 e. The van der Waals surface area contributed by atoms with E-state index in [2.05, 4.69) is 57.0 Å². The van der Waals surface area contributed by atoms with Crippen LogP contribution in [0.3, 0.4) is 0 Å². The highest BCUT2D eigenvalue weighted by atomic mass is 79.9. The smallest absolute Gasteiger partial charge is 0.245 e. The molecule has 10 heteroatoms. The van der Waals surface area contributed by atoms with Crippen LogP contribution in [-0.2, 0) is 14.6 Å². The molecule has 2 aliphatic rings. The predicted molar refractivity (Wildman–Crippen MR) is 157 cm³/mol. The van der Waals surface area contributed by atoms with E-state index in [1.165, 1.54) is 6.33 Å². The summed E-state index contributed by atoms with van der Waals surface area (Å²) in [7, 11) is -1.38. The van der Waals surface area contributed by atoms with Crippen LogP contribution in [0.15, 0.2) is 64.2 Å². The van der Waals surface area contributed by atoms with Crippen molar-refractivity contribution in [2.45, 2.75) is 68.6 Å². The van der Waals surface area contributed by atoms with E-state index in [-0.39, 0.29) is 29.7 Å². The van der Waals surface area contributed by atoms with Crippen molar-refractivity contribution in [3.8, 4) is 0 Å². The van der Waals surface area contributed by atoms with E-state index in [4.69, 9.17) is 0 Å². The molecular formula is C29H36BrN5O3S. The molecule has 1 saturated heterocycles. The maximum absolute atomic E-state index is 13.8. The van der Waals surface area contributed by atoms with Gasteiger partial charge in [0.15, 0.2) is 9.84 Å². The van der Waals surface area contributed by atoms with Gasteiger partial charge in [0.1, 0.15) is 18.2 Å². The first kappa shape index (κ1) is 28.0. The molecule has 0 radical (unpaired) electrons. The Morgan fingerprint density at radius 2 is 1.87 bits per heavy atom. The van der Waals surface area contributed by atoms with Crippen LogP contribution in [-0.4, -0.2) is 77.6 Å². The first-order valence-electron chi connectivity index (χ1n) is 13.6. The number of hydrogen-bond acceptors (Lipinski definition) is 7. The lowest BCUT2D eigenvalue weighted by Gasteiger charge is -2.44. The number of nitrogens with zero attached hydrogens (tertiary/aromatic N) is 4. The molecule has 3 aromatic rings. The molecule has 1 amide bonds. The molecule has 1 aromatic heterocycles. The van der Waals surface area contributed by atoms with Crippen molar-refractivity contribution in [2.24, 2.45) is 5.92 Å². The van der Waals surface area contributed by atoms with E-state index >= 15 is 0 Å². The first-order valence-corrected chi connectivity index (χ1v) is 16.1. The molecule has 1 unspecified atom stereocenters. The van der Waals surface area contributed by atoms with Crippen molar-refractivity contribution in [1.82, 2.24) is 19.8 Å². The number of likely N-dealkylation sites (tertiary alicyclic amines) is 1. The minimum absolute atomic E-state index is 0.0135. The summed E-state index contributed by atoms with van der Waals surface area (Å²) in [4.78, 5) is 27.2. The minimum atomic E-state index is -3.49. The van der Waals surface area contributed by atoms with Crippen LogP contribution in [0, 0.1) is 5.92 Å². The summed E-state index contributed by atoms with van der Waals surface area (Å²) in [6, 6.07) is 14.6. The molecule has 2 heterocycles. The average molecular weight is 615 g/mol. The van der Waals surface area contributed by atoms with Gasteiger partial charge in [-0.1, -0.05) is 34.1 Å². The molecule has 0 bridgehead atoms. The van der Waals surface area contributed by atoms with E-state index in [9.17, 15) is 13.2 Å². The van der Waals surface area contributed by atoms with Crippen LogP contribution < -0.4 is 5.32 Å². The number of benzene rings is 2. The summed E-state index contributed by atoms with van der Waals surface area (Å²) < 4.78 is 27.8. The largest absolute Gasteiger partial charge is 0.358 e. The summed E-state index contributed by atoms with van der Waals surface area (Å²) in [5.74, 6) is 0.538. The van der Waals surface area contributed by atoms with Gasteiger partial charge in [0, 0.05) is 34.5 Å². The van der Waals surface area contributed by atoms with Crippen molar-refractivity contribution in [3.05, 3.63) is 59.3 Å². The van der Waals surface area contributed by atoms with Crippen molar-refractivity contribution in [3.63, 3.8) is 0 Å². The fraction of sp³-hybridized carbons (Fsp3) is 0.483. The van der Waals surface area contributed by atoms with Gasteiger partial charge >= 0.3 is 0 Å². The number of halogens is 1. The number of hydrogen-bond donors (Lipinski definition) is 1. The average Bonchev–Trinajstić information content (AvgIpc) is 3.28. The van der Waals surface area contributed by atoms with E-state index in [0.717, 1.165) is 34.6 Å². The third kappa shape index (κ3) is 5.98. The second-order valence-corrected chi connectivity index (χ2v) is 14.0. The van der Waals surface area contributed by atoms with Crippen molar-refractivity contribution < 1.29 is 13.2 Å². The van der Waals surface area contributed by atoms with Crippen molar-refractivity contribution >= 4 is 48.4 Å². The number of aromatic nitrogens is 2. The molecule has 1 saturated carbocycles. The summed E-state index contributed by atoms with van der Waals surface area (Å²) in [6.07, 6.45) is 4.62. The molecule has 0 spiro atoms. The zero-order chi connectivity index (χ0) is 27.7. The first-order chi connectivity index (χ1) is 18.6. The highest BCUT2D eigenvalue weighted by Crippen LogP contribution is 2.36. The van der Waals surface area contributed by atoms with Gasteiger partial charge < -0.3 is 15.1 Å². The Morgan fingerprint density at radius 1 is 1.10 bits per heavy atom. The molecule has 2 fully saturated rings. The van der Waals surface area contributed by atoms with Gasteiger partial charge in [-0.05, 0) is 82.8 Å². The lowest BCUT2D eigenvalue weighted by Crippen LogP contribution is -2.52. The lowest BCUT2D eigenvalue weighted by atomic mass is 9.81. The number of carbonyl (C=O) groups is 1. The summed E-state index contributed by atoms with van der Waals surface area (Å²) in [6.45, 7) is 4.93. The molecule has 4 atom stereocenters. The van der Waals surface area contributed by atoms with Gasteiger partial charge in [-0.3, -0.25) is 4.79 Å². The van der Waals surface area contributed by atoms with Crippen LogP contribution in [0.4, 0.5) is 5.82 Å². The number of fused-ring (bicyclic) bond motifs is 1. The van der Waals surface area contributed by atoms with Gasteiger partial charge in [-0.2, -0.15) is 0 Å². The monoisotopic (exact) mass is 613 g/mol. The maximum atomic E-state index is 13.8. The molecule has 5 rings (SSSR count). The molecular weight excluding hydrogens is 578 g/mol. The number of carbonyl (C=O) groups excluding carboxylic acids is 1. The van der Waals surface area contributed by atoms with E-state index in [0.29, 0.717) is 29.7 Å². The second kappa shape index (κ2) is 11.5. The Kier molecular flexibility index (Phi) is 8.26. The molecule has 1 aliphatic carbocycles. The van der Waals surface area contributed by atoms with Crippen LogP contribution in [0.2, 0.25) is 0 Å². The normalized spacial score (nSPS) is 24.2. The van der Waals surface area contributed by atoms with Gasteiger partial charge in [0.25, 0.3) is 0 Å². The van der Waals surface area contributed by atoms with Gasteiger partial charge in [0.05, 0.1) is 16.2 Å². The molecule has 2 aromatic carbocycles. The van der Waals surface area contributed by atoms with Gasteiger partial charge in [-0.25, -0.2) is 18.4 Å².